The molecule has 1 aliphatic rings. The molecule has 0 amide bonds. The lowest BCUT2D eigenvalue weighted by atomic mass is 10.1. The SMILES string of the molecule is CC1CN(c2cnccc2CCl)CC(C)N1C. The third kappa shape index (κ3) is 2.55. The molecule has 1 aromatic rings. The molecule has 0 spiro atoms. The fraction of sp³-hybridized carbons (Fsp3) is 0.615. The molecule has 0 aliphatic carbocycles. The van der Waals surface area contributed by atoms with Gasteiger partial charge in [0.2, 0.25) is 0 Å². The first kappa shape index (κ1) is 12.7. The van der Waals surface area contributed by atoms with E-state index in [0.29, 0.717) is 18.0 Å². The highest BCUT2D eigenvalue weighted by molar-refractivity contribution is 6.17. The number of hydrogen-bond donors (Lipinski definition) is 0. The number of piperazine rings is 1. The molecule has 3 nitrogen and oxygen atoms in total. The monoisotopic (exact) mass is 253 g/mol. The lowest BCUT2D eigenvalue weighted by Gasteiger charge is -2.43. The largest absolute Gasteiger partial charge is 0.367 e. The zero-order chi connectivity index (χ0) is 12.4. The molecule has 0 aromatic carbocycles. The molecule has 0 saturated carbocycles. The number of halogens is 1. The quantitative estimate of drug-likeness (QED) is 0.755. The summed E-state index contributed by atoms with van der Waals surface area (Å²) in [6.45, 7) is 6.60. The Morgan fingerprint density at radius 1 is 1.35 bits per heavy atom. The molecule has 94 valence electrons. The Labute approximate surface area is 108 Å². The van der Waals surface area contributed by atoms with E-state index in [1.807, 2.05) is 18.5 Å². The van der Waals surface area contributed by atoms with Crippen molar-refractivity contribution in [3.63, 3.8) is 0 Å². The van der Waals surface area contributed by atoms with Crippen LogP contribution in [0.3, 0.4) is 0 Å². The number of likely N-dealkylation sites (N-methyl/N-ethyl adjacent to an activating group) is 1. The van der Waals surface area contributed by atoms with Crippen LogP contribution in [0.4, 0.5) is 5.69 Å². The van der Waals surface area contributed by atoms with E-state index in [1.54, 1.807) is 0 Å². The van der Waals surface area contributed by atoms with E-state index in [4.69, 9.17) is 11.6 Å². The van der Waals surface area contributed by atoms with Crippen LogP contribution in [0.25, 0.3) is 0 Å². The minimum Gasteiger partial charge on any atom is -0.367 e. The number of aromatic nitrogens is 1. The summed E-state index contributed by atoms with van der Waals surface area (Å²) in [6, 6.07) is 3.12. The lowest BCUT2D eigenvalue weighted by Crippen LogP contribution is -2.55. The van der Waals surface area contributed by atoms with Crippen LogP contribution in [0.1, 0.15) is 19.4 Å². The second-order valence-electron chi connectivity index (χ2n) is 4.91. The van der Waals surface area contributed by atoms with Gasteiger partial charge in [-0.3, -0.25) is 9.88 Å². The number of alkyl halides is 1. The van der Waals surface area contributed by atoms with Crippen molar-refractivity contribution in [1.82, 2.24) is 9.88 Å². The van der Waals surface area contributed by atoms with Crippen LogP contribution >= 0.6 is 11.6 Å². The summed E-state index contributed by atoms with van der Waals surface area (Å²) < 4.78 is 0. The van der Waals surface area contributed by atoms with Gasteiger partial charge in [-0.1, -0.05) is 0 Å². The molecule has 4 heteroatoms. The third-order valence-electron chi connectivity index (χ3n) is 3.73. The van der Waals surface area contributed by atoms with Crippen molar-refractivity contribution >= 4 is 17.3 Å². The van der Waals surface area contributed by atoms with Crippen LogP contribution < -0.4 is 4.90 Å². The zero-order valence-corrected chi connectivity index (χ0v) is 11.5. The average molecular weight is 254 g/mol. The first-order chi connectivity index (χ1) is 8.13. The second kappa shape index (κ2) is 5.23. The Kier molecular flexibility index (Phi) is 3.89. The Morgan fingerprint density at radius 3 is 2.59 bits per heavy atom. The maximum Gasteiger partial charge on any atom is 0.0598 e. The van der Waals surface area contributed by atoms with Gasteiger partial charge in [0.15, 0.2) is 0 Å². The van der Waals surface area contributed by atoms with Crippen LogP contribution in [0, 0.1) is 0 Å². The number of anilines is 1. The molecule has 0 bridgehead atoms. The Balaban J connectivity index is 2.22. The summed E-state index contributed by atoms with van der Waals surface area (Å²) in [5, 5.41) is 0. The normalized spacial score (nSPS) is 26.2. The van der Waals surface area contributed by atoms with E-state index in [1.165, 1.54) is 11.3 Å². The molecule has 1 aromatic heterocycles. The van der Waals surface area contributed by atoms with Gasteiger partial charge in [0.05, 0.1) is 11.9 Å². The van der Waals surface area contributed by atoms with Gasteiger partial charge in [-0.05, 0) is 32.5 Å². The third-order valence-corrected chi connectivity index (χ3v) is 4.02. The van der Waals surface area contributed by atoms with Crippen LogP contribution in [0.15, 0.2) is 18.5 Å². The fourth-order valence-corrected chi connectivity index (χ4v) is 2.64. The molecule has 2 rings (SSSR count). The first-order valence-electron chi connectivity index (χ1n) is 6.09. The molecule has 1 fully saturated rings. The Hall–Kier alpha value is -0.800. The predicted molar refractivity (Wildman–Crippen MR) is 72.7 cm³/mol. The van der Waals surface area contributed by atoms with Crippen molar-refractivity contribution in [1.29, 1.82) is 0 Å². The number of hydrogen-bond acceptors (Lipinski definition) is 3. The minimum atomic E-state index is 0.549. The van der Waals surface area contributed by atoms with Gasteiger partial charge in [-0.15, -0.1) is 11.6 Å². The van der Waals surface area contributed by atoms with Gasteiger partial charge >= 0.3 is 0 Å². The molecule has 2 heterocycles. The van der Waals surface area contributed by atoms with Crippen molar-refractivity contribution in [3.05, 3.63) is 24.0 Å². The molecule has 0 radical (unpaired) electrons. The number of nitrogens with zero attached hydrogens (tertiary/aromatic N) is 3. The maximum absolute atomic E-state index is 5.99. The molecule has 2 atom stereocenters. The maximum atomic E-state index is 5.99. The smallest absolute Gasteiger partial charge is 0.0598 e. The van der Waals surface area contributed by atoms with Gasteiger partial charge in [0.25, 0.3) is 0 Å². The van der Waals surface area contributed by atoms with Gasteiger partial charge in [-0.2, -0.15) is 0 Å². The molecular weight excluding hydrogens is 234 g/mol. The summed E-state index contributed by atoms with van der Waals surface area (Å²) in [7, 11) is 2.19. The van der Waals surface area contributed by atoms with Gasteiger partial charge in [0.1, 0.15) is 0 Å². The lowest BCUT2D eigenvalue weighted by molar-refractivity contribution is 0.170. The van der Waals surface area contributed by atoms with Crippen LogP contribution in [0.5, 0.6) is 0 Å². The van der Waals surface area contributed by atoms with Gasteiger partial charge < -0.3 is 4.90 Å². The van der Waals surface area contributed by atoms with Crippen LogP contribution in [0.2, 0.25) is 0 Å². The molecule has 17 heavy (non-hydrogen) atoms. The highest BCUT2D eigenvalue weighted by Gasteiger charge is 2.27. The predicted octanol–water partition coefficient (Wildman–Crippen LogP) is 2.35. The van der Waals surface area contributed by atoms with E-state index in [2.05, 4.69) is 35.7 Å². The van der Waals surface area contributed by atoms with E-state index >= 15 is 0 Å². The fourth-order valence-electron chi connectivity index (χ4n) is 2.41. The topological polar surface area (TPSA) is 19.4 Å². The van der Waals surface area contributed by atoms with Crippen molar-refractivity contribution in [2.24, 2.45) is 0 Å². The van der Waals surface area contributed by atoms with Crippen molar-refractivity contribution in [2.75, 3.05) is 25.0 Å². The van der Waals surface area contributed by atoms with Crippen LogP contribution in [-0.4, -0.2) is 42.1 Å². The minimum absolute atomic E-state index is 0.549. The summed E-state index contributed by atoms with van der Waals surface area (Å²) in [4.78, 5) is 9.05. The summed E-state index contributed by atoms with van der Waals surface area (Å²) >= 11 is 5.99. The molecular formula is C13H20ClN3. The first-order valence-corrected chi connectivity index (χ1v) is 6.62. The van der Waals surface area contributed by atoms with Crippen molar-refractivity contribution in [3.8, 4) is 0 Å². The molecule has 1 aliphatic heterocycles. The number of rotatable bonds is 2. The summed E-state index contributed by atoms with van der Waals surface area (Å²) in [5.74, 6) is 0.549. The van der Waals surface area contributed by atoms with Gasteiger partial charge in [0, 0.05) is 37.3 Å². The average Bonchev–Trinajstić information content (AvgIpc) is 2.35. The van der Waals surface area contributed by atoms with E-state index in [9.17, 15) is 0 Å². The second-order valence-corrected chi connectivity index (χ2v) is 5.17. The van der Waals surface area contributed by atoms with Gasteiger partial charge in [-0.25, -0.2) is 0 Å². The summed E-state index contributed by atoms with van der Waals surface area (Å²) in [5.41, 5.74) is 2.36. The zero-order valence-electron chi connectivity index (χ0n) is 10.7. The van der Waals surface area contributed by atoms with E-state index in [-0.39, 0.29) is 0 Å². The Bertz CT molecular complexity index is 371. The van der Waals surface area contributed by atoms with Crippen molar-refractivity contribution < 1.29 is 0 Å². The summed E-state index contributed by atoms with van der Waals surface area (Å²) in [6.07, 6.45) is 3.74. The molecule has 2 unspecified atom stereocenters. The van der Waals surface area contributed by atoms with E-state index < -0.39 is 0 Å². The standard InChI is InChI=1S/C13H20ClN3/c1-10-8-17(9-11(2)16(10)3)13-7-15-5-4-12(13)6-14/h4-5,7,10-11H,6,8-9H2,1-3H3. The molecule has 0 N–H and O–H groups in total. The molecule has 1 saturated heterocycles. The van der Waals surface area contributed by atoms with E-state index in [0.717, 1.165) is 13.1 Å². The Morgan fingerprint density at radius 2 is 2.00 bits per heavy atom. The highest BCUT2D eigenvalue weighted by Crippen LogP contribution is 2.25. The van der Waals surface area contributed by atoms with Crippen molar-refractivity contribution in [2.45, 2.75) is 31.8 Å². The van der Waals surface area contributed by atoms with Crippen LogP contribution in [-0.2, 0) is 5.88 Å². The highest BCUT2D eigenvalue weighted by atomic mass is 35.5. The number of pyridine rings is 1.